The average Bonchev–Trinajstić information content (AvgIpc) is 3.36. The molecule has 0 spiro atoms. The van der Waals surface area contributed by atoms with Gasteiger partial charge in [-0.3, -0.25) is 0 Å². The molecule has 0 N–H and O–H groups in total. The standard InChI is InChI=1S/C21H29N5O2/c1-15(2)18-14-17-6-4-7-19(26(17)24-18)21-23-22-20(28-21)16-8-11-25(12-9-16)10-5-13-27-3/h4,6-7,14-16H,5,8-13H2,1-3H3. The third-order valence-corrected chi connectivity index (χ3v) is 5.52. The molecule has 0 saturated carbocycles. The summed E-state index contributed by atoms with van der Waals surface area (Å²) in [6, 6.07) is 8.17. The molecule has 0 amide bonds. The summed E-state index contributed by atoms with van der Waals surface area (Å²) in [6.45, 7) is 8.35. The lowest BCUT2D eigenvalue weighted by Gasteiger charge is -2.30. The van der Waals surface area contributed by atoms with Crippen LogP contribution in [0.15, 0.2) is 28.7 Å². The average molecular weight is 383 g/mol. The summed E-state index contributed by atoms with van der Waals surface area (Å²) in [4.78, 5) is 2.49. The van der Waals surface area contributed by atoms with Crippen LogP contribution < -0.4 is 0 Å². The van der Waals surface area contributed by atoms with E-state index in [4.69, 9.17) is 14.3 Å². The van der Waals surface area contributed by atoms with Crippen LogP contribution in [0.1, 0.15) is 56.5 Å². The third kappa shape index (κ3) is 3.95. The fraction of sp³-hybridized carbons (Fsp3) is 0.571. The van der Waals surface area contributed by atoms with E-state index in [-0.39, 0.29) is 0 Å². The summed E-state index contributed by atoms with van der Waals surface area (Å²) in [6.07, 6.45) is 3.19. The van der Waals surface area contributed by atoms with Crippen LogP contribution in [0.25, 0.3) is 17.1 Å². The van der Waals surface area contributed by atoms with Crippen LogP contribution >= 0.6 is 0 Å². The van der Waals surface area contributed by atoms with Crippen LogP contribution in [0.5, 0.6) is 0 Å². The van der Waals surface area contributed by atoms with E-state index in [1.54, 1.807) is 7.11 Å². The number of ether oxygens (including phenoxy) is 1. The molecule has 1 fully saturated rings. The molecule has 0 radical (unpaired) electrons. The number of pyridine rings is 1. The number of aromatic nitrogens is 4. The van der Waals surface area contributed by atoms with Crippen molar-refractivity contribution in [3.8, 4) is 11.6 Å². The van der Waals surface area contributed by atoms with E-state index < -0.39 is 0 Å². The highest BCUT2D eigenvalue weighted by molar-refractivity contribution is 5.58. The Morgan fingerprint density at radius 3 is 2.79 bits per heavy atom. The van der Waals surface area contributed by atoms with Crippen molar-refractivity contribution in [2.24, 2.45) is 0 Å². The highest BCUT2D eigenvalue weighted by Gasteiger charge is 2.25. The molecule has 1 saturated heterocycles. The van der Waals surface area contributed by atoms with E-state index in [9.17, 15) is 0 Å². The van der Waals surface area contributed by atoms with Crippen LogP contribution in [-0.4, -0.2) is 58.1 Å². The van der Waals surface area contributed by atoms with E-state index >= 15 is 0 Å². The SMILES string of the molecule is COCCCN1CCC(c2nnc(-c3cccc4cc(C(C)C)nn34)o2)CC1. The Morgan fingerprint density at radius 2 is 2.04 bits per heavy atom. The lowest BCUT2D eigenvalue weighted by molar-refractivity contribution is 0.154. The molecule has 1 aliphatic rings. The number of methoxy groups -OCH3 is 1. The molecule has 4 heterocycles. The van der Waals surface area contributed by atoms with Crippen LogP contribution in [0.2, 0.25) is 0 Å². The number of fused-ring (bicyclic) bond motifs is 1. The Kier molecular flexibility index (Phi) is 5.73. The highest BCUT2D eigenvalue weighted by Crippen LogP contribution is 2.30. The number of hydrogen-bond donors (Lipinski definition) is 0. The van der Waals surface area contributed by atoms with Gasteiger partial charge in [-0.2, -0.15) is 5.10 Å². The molecule has 1 aliphatic heterocycles. The smallest absolute Gasteiger partial charge is 0.266 e. The first-order chi connectivity index (χ1) is 13.7. The maximum Gasteiger partial charge on any atom is 0.266 e. The molecule has 0 unspecified atom stereocenters. The van der Waals surface area contributed by atoms with Gasteiger partial charge in [0.15, 0.2) is 0 Å². The van der Waals surface area contributed by atoms with Gasteiger partial charge in [0.05, 0.1) is 11.2 Å². The van der Waals surface area contributed by atoms with E-state index in [1.807, 2.05) is 16.6 Å². The maximum atomic E-state index is 6.10. The molecule has 7 nitrogen and oxygen atoms in total. The van der Waals surface area contributed by atoms with Crippen molar-refractivity contribution in [2.45, 2.75) is 44.9 Å². The summed E-state index contributed by atoms with van der Waals surface area (Å²) in [7, 11) is 1.76. The van der Waals surface area contributed by atoms with Gasteiger partial charge in [-0.1, -0.05) is 19.9 Å². The number of rotatable bonds is 7. The zero-order valence-electron chi connectivity index (χ0n) is 17.0. The highest BCUT2D eigenvalue weighted by atomic mass is 16.5. The topological polar surface area (TPSA) is 68.7 Å². The molecule has 0 bridgehead atoms. The Balaban J connectivity index is 1.47. The molecule has 3 aromatic heterocycles. The predicted octanol–water partition coefficient (Wildman–Crippen LogP) is 3.72. The van der Waals surface area contributed by atoms with E-state index in [0.717, 1.165) is 68.3 Å². The Labute approximate surface area is 165 Å². The summed E-state index contributed by atoms with van der Waals surface area (Å²) in [5, 5.41) is 13.4. The maximum absolute atomic E-state index is 6.10. The van der Waals surface area contributed by atoms with Gasteiger partial charge >= 0.3 is 0 Å². The van der Waals surface area contributed by atoms with Crippen molar-refractivity contribution in [3.05, 3.63) is 35.9 Å². The van der Waals surface area contributed by atoms with Crippen LogP contribution in [0.4, 0.5) is 0 Å². The Bertz CT molecular complexity index is 909. The first kappa shape index (κ1) is 19.1. The zero-order chi connectivity index (χ0) is 19.5. The number of piperidine rings is 1. The monoisotopic (exact) mass is 383 g/mol. The van der Waals surface area contributed by atoms with Crippen LogP contribution in [0.3, 0.4) is 0 Å². The Hall–Kier alpha value is -2.25. The number of nitrogens with zero attached hydrogens (tertiary/aromatic N) is 5. The van der Waals surface area contributed by atoms with Gasteiger partial charge in [0.25, 0.3) is 5.89 Å². The molecule has 0 aliphatic carbocycles. The summed E-state index contributed by atoms with van der Waals surface area (Å²) < 4.78 is 13.2. The van der Waals surface area contributed by atoms with Gasteiger partial charge in [0.2, 0.25) is 5.89 Å². The van der Waals surface area contributed by atoms with Gasteiger partial charge in [0.1, 0.15) is 5.69 Å². The third-order valence-electron chi connectivity index (χ3n) is 5.52. The number of likely N-dealkylation sites (tertiary alicyclic amines) is 1. The van der Waals surface area contributed by atoms with Crippen molar-refractivity contribution in [3.63, 3.8) is 0 Å². The largest absolute Gasteiger partial charge is 0.419 e. The normalized spacial score (nSPS) is 16.4. The fourth-order valence-electron chi connectivity index (χ4n) is 3.82. The van der Waals surface area contributed by atoms with Crippen molar-refractivity contribution in [1.29, 1.82) is 0 Å². The van der Waals surface area contributed by atoms with Crippen molar-refractivity contribution in [2.75, 3.05) is 33.4 Å². The molecule has 0 aromatic carbocycles. The molecule has 0 atom stereocenters. The first-order valence-electron chi connectivity index (χ1n) is 10.2. The van der Waals surface area contributed by atoms with Gasteiger partial charge in [-0.05, 0) is 56.5 Å². The van der Waals surface area contributed by atoms with Crippen LogP contribution in [-0.2, 0) is 4.74 Å². The summed E-state index contributed by atoms with van der Waals surface area (Å²) in [5.41, 5.74) is 2.96. The summed E-state index contributed by atoms with van der Waals surface area (Å²) >= 11 is 0. The molecule has 7 heteroatoms. The zero-order valence-corrected chi connectivity index (χ0v) is 17.0. The first-order valence-corrected chi connectivity index (χ1v) is 10.2. The predicted molar refractivity (Wildman–Crippen MR) is 107 cm³/mol. The van der Waals surface area contributed by atoms with Crippen molar-refractivity contribution < 1.29 is 9.15 Å². The molecular formula is C21H29N5O2. The second-order valence-electron chi connectivity index (χ2n) is 7.88. The second kappa shape index (κ2) is 8.41. The Morgan fingerprint density at radius 1 is 1.21 bits per heavy atom. The minimum atomic E-state index is 0.336. The minimum Gasteiger partial charge on any atom is -0.419 e. The van der Waals surface area contributed by atoms with Crippen molar-refractivity contribution >= 4 is 5.52 Å². The lowest BCUT2D eigenvalue weighted by atomic mass is 9.97. The van der Waals surface area contributed by atoms with Crippen LogP contribution in [0, 0.1) is 0 Å². The number of hydrogen-bond acceptors (Lipinski definition) is 6. The van der Waals surface area contributed by atoms with Gasteiger partial charge < -0.3 is 14.1 Å². The van der Waals surface area contributed by atoms with E-state index in [1.165, 1.54) is 0 Å². The molecule has 4 rings (SSSR count). The van der Waals surface area contributed by atoms with E-state index in [0.29, 0.717) is 17.7 Å². The minimum absolute atomic E-state index is 0.336. The summed E-state index contributed by atoms with van der Waals surface area (Å²) in [5.74, 6) is 2.00. The molecule has 150 valence electrons. The molecule has 28 heavy (non-hydrogen) atoms. The van der Waals surface area contributed by atoms with E-state index in [2.05, 4.69) is 41.1 Å². The van der Waals surface area contributed by atoms with Gasteiger partial charge in [-0.15, -0.1) is 10.2 Å². The fourth-order valence-corrected chi connectivity index (χ4v) is 3.82. The van der Waals surface area contributed by atoms with Gasteiger partial charge in [0, 0.05) is 26.2 Å². The molecule has 3 aromatic rings. The second-order valence-corrected chi connectivity index (χ2v) is 7.88. The lowest BCUT2D eigenvalue weighted by Crippen LogP contribution is -2.34. The van der Waals surface area contributed by atoms with Gasteiger partial charge in [-0.25, -0.2) is 4.52 Å². The van der Waals surface area contributed by atoms with Crippen molar-refractivity contribution in [1.82, 2.24) is 24.7 Å². The quantitative estimate of drug-likeness (QED) is 0.579. The molecular weight excluding hydrogens is 354 g/mol.